The molecule has 50 heavy (non-hydrogen) atoms. The first kappa shape index (κ1) is 35.7. The molecule has 0 spiro atoms. The van der Waals surface area contributed by atoms with Crippen LogP contribution in [0.5, 0.6) is 11.5 Å². The summed E-state index contributed by atoms with van der Waals surface area (Å²) in [5.41, 5.74) is 5.04. The maximum absolute atomic E-state index is 14.4. The van der Waals surface area contributed by atoms with Crippen molar-refractivity contribution in [2.24, 2.45) is 10.8 Å². The highest BCUT2D eigenvalue weighted by Crippen LogP contribution is 2.55. The van der Waals surface area contributed by atoms with Gasteiger partial charge in [-0.3, -0.25) is 9.59 Å². The van der Waals surface area contributed by atoms with E-state index in [9.17, 15) is 18.0 Å². The zero-order valence-electron chi connectivity index (χ0n) is 29.3. The van der Waals surface area contributed by atoms with Gasteiger partial charge in [-0.15, -0.1) is 6.58 Å². The van der Waals surface area contributed by atoms with Crippen molar-refractivity contribution in [1.82, 2.24) is 4.90 Å². The molecule has 0 aromatic heterocycles. The van der Waals surface area contributed by atoms with Crippen LogP contribution < -0.4 is 8.92 Å². The second kappa shape index (κ2) is 13.5. The average molecular weight is 714 g/mol. The number of methoxy groups -OCH3 is 1. The third kappa shape index (κ3) is 7.06. The van der Waals surface area contributed by atoms with Crippen LogP contribution in [0.4, 0.5) is 0 Å². The fourth-order valence-corrected chi connectivity index (χ4v) is 8.80. The zero-order chi connectivity index (χ0) is 36.0. The predicted octanol–water partition coefficient (Wildman–Crippen LogP) is 8.77. The highest BCUT2D eigenvalue weighted by atomic mass is 35.5. The SMILES string of the molecule is C=CCc1cc(C2C3=C(CC(C)(C)CC3=O)N(CCc3ccccc3)C3=C2C(=O)CC(C)(C)C3)cc(OC)c1OS(=O)(=O)c1ccc(Cl)cc1. The number of hydrogen-bond acceptors (Lipinski definition) is 7. The van der Waals surface area contributed by atoms with Crippen LogP contribution in [-0.4, -0.2) is 38.5 Å². The van der Waals surface area contributed by atoms with E-state index in [1.54, 1.807) is 12.1 Å². The Bertz CT molecular complexity index is 1970. The van der Waals surface area contributed by atoms with E-state index in [0.29, 0.717) is 59.5 Å². The van der Waals surface area contributed by atoms with Gasteiger partial charge in [0.05, 0.1) is 7.11 Å². The largest absolute Gasteiger partial charge is 0.493 e. The Labute approximate surface area is 300 Å². The molecule has 0 unspecified atom stereocenters. The molecule has 0 fully saturated rings. The van der Waals surface area contributed by atoms with E-state index in [2.05, 4.69) is 51.3 Å². The minimum atomic E-state index is -4.27. The Morgan fingerprint density at radius 2 is 1.46 bits per heavy atom. The van der Waals surface area contributed by atoms with Crippen molar-refractivity contribution in [3.8, 4) is 11.5 Å². The molecule has 3 aliphatic rings. The number of carbonyl (C=O) groups excluding carboxylic acids is 2. The van der Waals surface area contributed by atoms with E-state index in [1.807, 2.05) is 24.3 Å². The number of benzene rings is 3. The summed E-state index contributed by atoms with van der Waals surface area (Å²) in [7, 11) is -2.82. The molecule has 9 heteroatoms. The second-order valence-corrected chi connectivity index (χ2v) is 17.1. The molecule has 7 nitrogen and oxygen atoms in total. The van der Waals surface area contributed by atoms with Gasteiger partial charge in [0.2, 0.25) is 0 Å². The van der Waals surface area contributed by atoms with Gasteiger partial charge >= 0.3 is 10.1 Å². The Balaban J connectivity index is 1.54. The molecule has 1 heterocycles. The lowest BCUT2D eigenvalue weighted by Gasteiger charge is -2.49. The molecule has 0 bridgehead atoms. The van der Waals surface area contributed by atoms with Crippen molar-refractivity contribution in [1.29, 1.82) is 0 Å². The third-order valence-corrected chi connectivity index (χ3v) is 11.3. The number of rotatable bonds is 10. The van der Waals surface area contributed by atoms with Crippen LogP contribution in [0.1, 0.15) is 76.0 Å². The van der Waals surface area contributed by atoms with Crippen molar-refractivity contribution in [2.75, 3.05) is 13.7 Å². The predicted molar refractivity (Wildman–Crippen MR) is 196 cm³/mol. The molecular formula is C41H44ClNO6S. The summed E-state index contributed by atoms with van der Waals surface area (Å²) in [6.45, 7) is 13.0. The number of allylic oxidation sites excluding steroid dienone is 5. The molecule has 1 aliphatic heterocycles. The standard InChI is InChI=1S/C41H44ClNO6S/c1-7-11-27-20-28(21-35(48-6)39(27)49-50(46,47)30-16-14-29(42)15-17-30)36-37-31(22-40(2,3)24-33(37)44)43(19-18-26-12-9-8-10-13-26)32-23-41(4,5)25-34(45)38(32)36/h7-10,12-17,20-21,36H,1,11,18-19,22-25H2,2-6H3. The molecule has 0 N–H and O–H groups in total. The van der Waals surface area contributed by atoms with Crippen molar-refractivity contribution < 1.29 is 26.9 Å². The Hall–Kier alpha value is -4.14. The van der Waals surface area contributed by atoms with Crippen LogP contribution in [-0.2, 0) is 32.5 Å². The molecule has 0 saturated carbocycles. The highest BCUT2D eigenvalue weighted by Gasteiger charge is 2.49. The van der Waals surface area contributed by atoms with Gasteiger partial charge in [0, 0.05) is 58.4 Å². The first-order valence-electron chi connectivity index (χ1n) is 17.0. The molecule has 3 aromatic carbocycles. The first-order valence-corrected chi connectivity index (χ1v) is 18.8. The third-order valence-electron chi connectivity index (χ3n) is 9.86. The van der Waals surface area contributed by atoms with E-state index in [-0.39, 0.29) is 45.2 Å². The first-order chi connectivity index (χ1) is 23.6. The van der Waals surface area contributed by atoms with Gasteiger partial charge < -0.3 is 13.8 Å². The lowest BCUT2D eigenvalue weighted by Crippen LogP contribution is -2.45. The minimum absolute atomic E-state index is 0.0185. The summed E-state index contributed by atoms with van der Waals surface area (Å²) in [5.74, 6) is -0.392. The Morgan fingerprint density at radius 3 is 2.00 bits per heavy atom. The number of halogens is 1. The topological polar surface area (TPSA) is 90.0 Å². The van der Waals surface area contributed by atoms with Gasteiger partial charge in [-0.25, -0.2) is 0 Å². The van der Waals surface area contributed by atoms with E-state index in [1.165, 1.54) is 36.9 Å². The summed E-state index contributed by atoms with van der Waals surface area (Å²) in [6, 6.07) is 19.6. The van der Waals surface area contributed by atoms with Crippen molar-refractivity contribution >= 4 is 33.3 Å². The van der Waals surface area contributed by atoms with E-state index >= 15 is 0 Å². The van der Waals surface area contributed by atoms with Crippen LogP contribution in [0, 0.1) is 10.8 Å². The van der Waals surface area contributed by atoms with Crippen LogP contribution in [0.25, 0.3) is 0 Å². The van der Waals surface area contributed by atoms with Crippen molar-refractivity contribution in [3.05, 3.63) is 124 Å². The van der Waals surface area contributed by atoms with Crippen LogP contribution in [0.15, 0.2) is 107 Å². The van der Waals surface area contributed by atoms with Crippen LogP contribution in [0.3, 0.4) is 0 Å². The maximum atomic E-state index is 14.4. The number of hydrogen-bond donors (Lipinski definition) is 0. The molecule has 0 saturated heterocycles. The molecule has 0 atom stereocenters. The zero-order valence-corrected chi connectivity index (χ0v) is 30.9. The van der Waals surface area contributed by atoms with Crippen molar-refractivity contribution in [3.63, 3.8) is 0 Å². The van der Waals surface area contributed by atoms with Gasteiger partial charge in [-0.2, -0.15) is 8.42 Å². The number of Topliss-reactive ketones (excluding diaryl/α,β-unsaturated/α-hetero) is 2. The number of nitrogens with zero attached hydrogens (tertiary/aromatic N) is 1. The monoisotopic (exact) mass is 713 g/mol. The fourth-order valence-electron chi connectivity index (χ4n) is 7.70. The smallest absolute Gasteiger partial charge is 0.339 e. The summed E-state index contributed by atoms with van der Waals surface area (Å²) < 4.78 is 38.5. The van der Waals surface area contributed by atoms with E-state index in [4.69, 9.17) is 20.5 Å². The summed E-state index contributed by atoms with van der Waals surface area (Å²) in [5, 5.41) is 0.396. The van der Waals surface area contributed by atoms with Gasteiger partial charge in [0.15, 0.2) is 23.1 Å². The normalized spacial score (nSPS) is 18.9. The summed E-state index contributed by atoms with van der Waals surface area (Å²) in [4.78, 5) is 31.0. The molecule has 2 aliphatic carbocycles. The van der Waals surface area contributed by atoms with E-state index in [0.717, 1.165) is 17.8 Å². The number of ether oxygens (including phenoxy) is 1. The van der Waals surface area contributed by atoms with Crippen LogP contribution in [0.2, 0.25) is 5.02 Å². The number of carbonyl (C=O) groups is 2. The summed E-state index contributed by atoms with van der Waals surface area (Å²) in [6.07, 6.45) is 4.75. The molecule has 0 radical (unpaired) electrons. The molecule has 6 rings (SSSR count). The molecule has 262 valence electrons. The number of ketones is 2. The lowest BCUT2D eigenvalue weighted by molar-refractivity contribution is -0.119. The average Bonchev–Trinajstić information content (AvgIpc) is 3.04. The fraction of sp³-hybridized carbons (Fsp3) is 0.366. The Morgan fingerprint density at radius 1 is 0.880 bits per heavy atom. The maximum Gasteiger partial charge on any atom is 0.339 e. The quantitative estimate of drug-likeness (QED) is 0.153. The van der Waals surface area contributed by atoms with Gasteiger partial charge in [-0.05, 0) is 78.0 Å². The van der Waals surface area contributed by atoms with Gasteiger partial charge in [0.25, 0.3) is 0 Å². The van der Waals surface area contributed by atoms with E-state index < -0.39 is 16.0 Å². The van der Waals surface area contributed by atoms with Crippen LogP contribution >= 0.6 is 11.6 Å². The second-order valence-electron chi connectivity index (χ2n) is 15.1. The minimum Gasteiger partial charge on any atom is -0.493 e. The molecule has 3 aromatic rings. The van der Waals surface area contributed by atoms with Crippen molar-refractivity contribution in [2.45, 2.75) is 77.0 Å². The lowest BCUT2D eigenvalue weighted by atomic mass is 9.63. The molecular weight excluding hydrogens is 670 g/mol. The summed E-state index contributed by atoms with van der Waals surface area (Å²) >= 11 is 6.01. The Kier molecular flexibility index (Phi) is 9.66. The molecule has 0 amide bonds. The van der Waals surface area contributed by atoms with Gasteiger partial charge in [-0.1, -0.05) is 81.8 Å². The highest BCUT2D eigenvalue weighted by molar-refractivity contribution is 7.87. The van der Waals surface area contributed by atoms with Gasteiger partial charge in [0.1, 0.15) is 4.90 Å².